The van der Waals surface area contributed by atoms with Gasteiger partial charge in [0, 0.05) is 24.2 Å². The Morgan fingerprint density at radius 1 is 1.32 bits per heavy atom. The first kappa shape index (κ1) is 20.3. The van der Waals surface area contributed by atoms with Gasteiger partial charge in [0.1, 0.15) is 5.75 Å². The Hall–Kier alpha value is -1.02. The molecule has 1 fully saturated rings. The number of benzene rings is 1. The molecule has 2 N–H and O–H groups in total. The summed E-state index contributed by atoms with van der Waals surface area (Å²) in [4.78, 5) is 12.3. The average molecular weight is 409 g/mol. The second-order valence-corrected chi connectivity index (χ2v) is 9.46. The van der Waals surface area contributed by atoms with Crippen LogP contribution in [0.1, 0.15) is 37.0 Å². The summed E-state index contributed by atoms with van der Waals surface area (Å²) < 4.78 is 26.0. The van der Waals surface area contributed by atoms with Crippen molar-refractivity contribution >= 4 is 39.1 Å². The van der Waals surface area contributed by atoms with Gasteiger partial charge in [-0.1, -0.05) is 37.0 Å². The van der Waals surface area contributed by atoms with Crippen LogP contribution in [0, 0.1) is 5.92 Å². The van der Waals surface area contributed by atoms with Crippen LogP contribution < -0.4 is 5.32 Å². The zero-order chi connectivity index (χ0) is 18.8. The second kappa shape index (κ2) is 8.12. The molecule has 0 spiro atoms. The van der Waals surface area contributed by atoms with Gasteiger partial charge in [-0.3, -0.25) is 4.79 Å². The molecule has 25 heavy (non-hydrogen) atoms. The molecule has 6 nitrogen and oxygen atoms in total. The molecule has 1 aromatic rings. The molecule has 0 aliphatic carbocycles. The van der Waals surface area contributed by atoms with Crippen LogP contribution in [0.5, 0.6) is 5.75 Å². The third kappa shape index (κ3) is 5.23. The van der Waals surface area contributed by atoms with Gasteiger partial charge >= 0.3 is 0 Å². The van der Waals surface area contributed by atoms with Crippen LogP contribution in [0.4, 0.5) is 0 Å². The van der Waals surface area contributed by atoms with Crippen molar-refractivity contribution in [2.45, 2.75) is 32.7 Å². The number of piperidine rings is 1. The van der Waals surface area contributed by atoms with Crippen molar-refractivity contribution in [3.8, 4) is 5.75 Å². The van der Waals surface area contributed by atoms with Gasteiger partial charge in [0.05, 0.1) is 16.3 Å². The fourth-order valence-corrected chi connectivity index (χ4v) is 5.12. The van der Waals surface area contributed by atoms with Crippen molar-refractivity contribution < 1.29 is 18.3 Å². The summed E-state index contributed by atoms with van der Waals surface area (Å²) in [5.41, 5.74) is 0.00681. The third-order valence-electron chi connectivity index (χ3n) is 4.00. The first-order chi connectivity index (χ1) is 11.6. The van der Waals surface area contributed by atoms with E-state index < -0.39 is 15.9 Å². The van der Waals surface area contributed by atoms with E-state index in [4.69, 9.17) is 23.2 Å². The molecule has 1 amide bonds. The van der Waals surface area contributed by atoms with Gasteiger partial charge in [-0.2, -0.15) is 0 Å². The van der Waals surface area contributed by atoms with Gasteiger partial charge in [0.15, 0.2) is 0 Å². The quantitative estimate of drug-likeness (QED) is 0.783. The number of carbonyl (C=O) groups is 1. The number of phenols is 1. The highest BCUT2D eigenvalue weighted by molar-refractivity contribution is 7.89. The van der Waals surface area contributed by atoms with Crippen LogP contribution >= 0.6 is 23.2 Å². The molecule has 9 heteroatoms. The zero-order valence-electron chi connectivity index (χ0n) is 14.1. The van der Waals surface area contributed by atoms with Crippen molar-refractivity contribution in [3.63, 3.8) is 0 Å². The molecular weight excluding hydrogens is 387 g/mol. The van der Waals surface area contributed by atoms with E-state index in [2.05, 4.69) is 5.32 Å². The SMILES string of the molecule is CC(C)CS(=O)(=O)N1CCC(NC(=O)c2cc(Cl)cc(Cl)c2O)CC1. The smallest absolute Gasteiger partial charge is 0.255 e. The summed E-state index contributed by atoms with van der Waals surface area (Å²) >= 11 is 11.7. The minimum absolute atomic E-state index is 0.00671. The molecule has 1 saturated heterocycles. The Bertz CT molecular complexity index is 745. The van der Waals surface area contributed by atoms with Crippen molar-refractivity contribution in [1.82, 2.24) is 9.62 Å². The Morgan fingerprint density at radius 2 is 1.92 bits per heavy atom. The summed E-state index contributed by atoms with van der Waals surface area (Å²) in [6.45, 7) is 4.46. The molecule has 0 bridgehead atoms. The fraction of sp³-hybridized carbons (Fsp3) is 0.562. The van der Waals surface area contributed by atoms with E-state index in [-0.39, 0.29) is 39.1 Å². The molecule has 0 unspecified atom stereocenters. The number of rotatable bonds is 5. The van der Waals surface area contributed by atoms with Crippen LogP contribution in [0.2, 0.25) is 10.0 Å². The summed E-state index contributed by atoms with van der Waals surface area (Å²) in [6.07, 6.45) is 1.02. The van der Waals surface area contributed by atoms with E-state index in [9.17, 15) is 18.3 Å². The second-order valence-electron chi connectivity index (χ2n) is 6.60. The predicted molar refractivity (Wildman–Crippen MR) is 98.8 cm³/mol. The lowest BCUT2D eigenvalue weighted by Crippen LogP contribution is -2.47. The third-order valence-corrected chi connectivity index (χ3v) is 6.75. The van der Waals surface area contributed by atoms with Gasteiger partial charge in [-0.05, 0) is 30.9 Å². The average Bonchev–Trinajstić information content (AvgIpc) is 2.50. The topological polar surface area (TPSA) is 86.7 Å². The number of amides is 1. The van der Waals surface area contributed by atoms with Gasteiger partial charge in [-0.25, -0.2) is 12.7 Å². The van der Waals surface area contributed by atoms with Crippen molar-refractivity contribution in [1.29, 1.82) is 0 Å². The van der Waals surface area contributed by atoms with Crippen LogP contribution in [0.15, 0.2) is 12.1 Å². The van der Waals surface area contributed by atoms with Crippen LogP contribution in [0.25, 0.3) is 0 Å². The molecule has 2 rings (SSSR count). The lowest BCUT2D eigenvalue weighted by atomic mass is 10.1. The Kier molecular flexibility index (Phi) is 6.59. The molecule has 140 valence electrons. The Balaban J connectivity index is 1.98. The first-order valence-electron chi connectivity index (χ1n) is 8.07. The molecule has 0 aromatic heterocycles. The largest absolute Gasteiger partial charge is 0.506 e. The van der Waals surface area contributed by atoms with Crippen LogP contribution in [-0.2, 0) is 10.0 Å². The summed E-state index contributed by atoms with van der Waals surface area (Å²) in [5.74, 6) is -0.609. The number of hydrogen-bond acceptors (Lipinski definition) is 4. The molecule has 1 aliphatic rings. The molecule has 1 aliphatic heterocycles. The van der Waals surface area contributed by atoms with Crippen molar-refractivity contribution in [3.05, 3.63) is 27.7 Å². The fourth-order valence-electron chi connectivity index (χ4n) is 2.81. The van der Waals surface area contributed by atoms with E-state index in [0.717, 1.165) is 0 Å². The summed E-state index contributed by atoms with van der Waals surface area (Å²) in [6, 6.07) is 2.53. The summed E-state index contributed by atoms with van der Waals surface area (Å²) in [5, 5.41) is 13.0. The maximum atomic E-state index is 12.3. The Morgan fingerprint density at radius 3 is 2.48 bits per heavy atom. The molecule has 1 heterocycles. The van der Waals surface area contributed by atoms with Crippen molar-refractivity contribution in [2.75, 3.05) is 18.8 Å². The van der Waals surface area contributed by atoms with Crippen LogP contribution in [-0.4, -0.2) is 48.6 Å². The number of hydrogen-bond donors (Lipinski definition) is 2. The van der Waals surface area contributed by atoms with E-state index in [1.165, 1.54) is 16.4 Å². The van der Waals surface area contributed by atoms with E-state index in [0.29, 0.717) is 25.9 Å². The first-order valence-corrected chi connectivity index (χ1v) is 10.4. The monoisotopic (exact) mass is 408 g/mol. The Labute approximate surface area is 158 Å². The van der Waals surface area contributed by atoms with Gasteiger partial charge in [0.2, 0.25) is 10.0 Å². The highest BCUT2D eigenvalue weighted by Crippen LogP contribution is 2.31. The van der Waals surface area contributed by atoms with Gasteiger partial charge < -0.3 is 10.4 Å². The highest BCUT2D eigenvalue weighted by atomic mass is 35.5. The zero-order valence-corrected chi connectivity index (χ0v) is 16.5. The number of halogens is 2. The molecule has 0 saturated carbocycles. The number of nitrogens with one attached hydrogen (secondary N) is 1. The lowest BCUT2D eigenvalue weighted by Gasteiger charge is -2.32. The number of carbonyl (C=O) groups excluding carboxylic acids is 1. The standard InChI is InChI=1S/C16H22Cl2N2O4S/c1-10(2)9-25(23,24)20-5-3-12(4-6-20)19-16(22)13-7-11(17)8-14(18)15(13)21/h7-8,10,12,21H,3-6,9H2,1-2H3,(H,19,22). The normalized spacial score (nSPS) is 17.0. The van der Waals surface area contributed by atoms with Gasteiger partial charge in [-0.15, -0.1) is 0 Å². The minimum atomic E-state index is -3.26. The maximum Gasteiger partial charge on any atom is 0.255 e. The van der Waals surface area contributed by atoms with Crippen LogP contribution in [0.3, 0.4) is 0 Å². The summed E-state index contributed by atoms with van der Waals surface area (Å²) in [7, 11) is -3.26. The van der Waals surface area contributed by atoms with Gasteiger partial charge in [0.25, 0.3) is 5.91 Å². The molecular formula is C16H22Cl2N2O4S. The predicted octanol–water partition coefficient (Wildman–Crippen LogP) is 2.88. The number of nitrogens with zero attached hydrogens (tertiary/aromatic N) is 1. The van der Waals surface area contributed by atoms with E-state index in [1.807, 2.05) is 13.8 Å². The number of sulfonamides is 1. The molecule has 0 radical (unpaired) electrons. The number of aromatic hydroxyl groups is 1. The number of phenolic OH excluding ortho intramolecular Hbond substituents is 1. The lowest BCUT2D eigenvalue weighted by molar-refractivity contribution is 0.0921. The highest BCUT2D eigenvalue weighted by Gasteiger charge is 2.29. The minimum Gasteiger partial charge on any atom is -0.506 e. The maximum absolute atomic E-state index is 12.3. The van der Waals surface area contributed by atoms with Crippen molar-refractivity contribution in [2.24, 2.45) is 5.92 Å². The molecule has 0 atom stereocenters. The van der Waals surface area contributed by atoms with E-state index >= 15 is 0 Å². The van der Waals surface area contributed by atoms with E-state index in [1.54, 1.807) is 0 Å². The molecule has 1 aromatic carbocycles.